The van der Waals surface area contributed by atoms with Crippen molar-refractivity contribution in [2.75, 3.05) is 7.11 Å². The highest BCUT2D eigenvalue weighted by molar-refractivity contribution is 5.92. The number of carbonyl (C=O) groups is 1. The van der Waals surface area contributed by atoms with Crippen LogP contribution in [0.15, 0.2) is 49.0 Å². The van der Waals surface area contributed by atoms with Crippen LogP contribution in [0, 0.1) is 0 Å². The van der Waals surface area contributed by atoms with Gasteiger partial charge in [-0.2, -0.15) is 0 Å². The fraction of sp³-hybridized carbons (Fsp3) is 0.118. The van der Waals surface area contributed by atoms with Crippen molar-refractivity contribution in [2.24, 2.45) is 0 Å². The minimum absolute atomic E-state index is 0.348. The zero-order chi connectivity index (χ0) is 14.1. The predicted molar refractivity (Wildman–Crippen MR) is 76.7 cm³/mol. The van der Waals surface area contributed by atoms with Gasteiger partial charge in [0.15, 0.2) is 0 Å². The number of ether oxygens (including phenoxy) is 2. The molecule has 3 rings (SSSR count). The van der Waals surface area contributed by atoms with Crippen LogP contribution in [0.2, 0.25) is 0 Å². The Labute approximate surface area is 117 Å². The Bertz CT molecular complexity index is 701. The average Bonchev–Trinajstić information content (AvgIpc) is 2.64. The maximum atomic E-state index is 11.7. The maximum Gasteiger partial charge on any atom is 0.337 e. The first-order chi connectivity index (χ1) is 9.70. The number of para-hydroxylation sites is 1. The third-order valence-electron chi connectivity index (χ3n) is 3.45. The molecule has 0 atom stereocenters. The van der Waals surface area contributed by atoms with Gasteiger partial charge in [0.25, 0.3) is 0 Å². The monoisotopic (exact) mass is 266 g/mol. The van der Waals surface area contributed by atoms with Crippen molar-refractivity contribution >= 4 is 11.5 Å². The van der Waals surface area contributed by atoms with Gasteiger partial charge in [-0.3, -0.25) is 0 Å². The SMILES string of the molecule is C=C1c2cc(C(=O)OC)ccc2COc2ccccc21. The number of rotatable bonds is 1. The van der Waals surface area contributed by atoms with Gasteiger partial charge >= 0.3 is 5.97 Å². The predicted octanol–water partition coefficient (Wildman–Crippen LogP) is 3.43. The standard InChI is InChI=1S/C17H14O3/c1-11-14-5-3-4-6-16(14)20-10-13-8-7-12(9-15(11)13)17(18)19-2/h3-9H,1,10H2,2H3. The van der Waals surface area contributed by atoms with Crippen molar-refractivity contribution in [3.63, 3.8) is 0 Å². The zero-order valence-corrected chi connectivity index (χ0v) is 11.2. The molecule has 0 aliphatic carbocycles. The van der Waals surface area contributed by atoms with Crippen LogP contribution in [0.5, 0.6) is 5.75 Å². The second-order valence-corrected chi connectivity index (χ2v) is 4.63. The van der Waals surface area contributed by atoms with Gasteiger partial charge < -0.3 is 9.47 Å². The minimum Gasteiger partial charge on any atom is -0.488 e. The van der Waals surface area contributed by atoms with E-state index in [4.69, 9.17) is 9.47 Å². The van der Waals surface area contributed by atoms with E-state index >= 15 is 0 Å². The van der Waals surface area contributed by atoms with Gasteiger partial charge in [0.05, 0.1) is 12.7 Å². The molecule has 20 heavy (non-hydrogen) atoms. The molecule has 0 radical (unpaired) electrons. The molecule has 3 heteroatoms. The number of hydrogen-bond donors (Lipinski definition) is 0. The lowest BCUT2D eigenvalue weighted by molar-refractivity contribution is 0.0600. The molecule has 0 spiro atoms. The molecule has 2 aromatic rings. The number of benzene rings is 2. The van der Waals surface area contributed by atoms with Crippen LogP contribution in [-0.2, 0) is 11.3 Å². The van der Waals surface area contributed by atoms with Crippen molar-refractivity contribution in [2.45, 2.75) is 6.61 Å². The van der Waals surface area contributed by atoms with Gasteiger partial charge in [-0.1, -0.05) is 30.8 Å². The molecule has 0 amide bonds. The van der Waals surface area contributed by atoms with E-state index in [0.717, 1.165) is 28.0 Å². The highest BCUT2D eigenvalue weighted by atomic mass is 16.5. The number of carbonyl (C=O) groups excluding carboxylic acids is 1. The fourth-order valence-electron chi connectivity index (χ4n) is 2.37. The molecular weight excluding hydrogens is 252 g/mol. The Morgan fingerprint density at radius 1 is 1.20 bits per heavy atom. The Hall–Kier alpha value is -2.55. The molecule has 1 heterocycles. The Morgan fingerprint density at radius 2 is 2.00 bits per heavy atom. The molecule has 0 unspecified atom stereocenters. The van der Waals surface area contributed by atoms with E-state index in [0.29, 0.717) is 12.2 Å². The number of fused-ring (bicyclic) bond motifs is 2. The summed E-state index contributed by atoms with van der Waals surface area (Å²) < 4.78 is 10.6. The second-order valence-electron chi connectivity index (χ2n) is 4.63. The molecule has 1 aliphatic rings. The van der Waals surface area contributed by atoms with Crippen LogP contribution in [0.3, 0.4) is 0 Å². The van der Waals surface area contributed by atoms with Crippen molar-refractivity contribution in [1.82, 2.24) is 0 Å². The molecule has 0 aromatic heterocycles. The van der Waals surface area contributed by atoms with Crippen LogP contribution in [0.25, 0.3) is 5.57 Å². The minimum atomic E-state index is -0.348. The molecule has 0 bridgehead atoms. The third-order valence-corrected chi connectivity index (χ3v) is 3.45. The summed E-state index contributed by atoms with van der Waals surface area (Å²) in [6, 6.07) is 13.2. The van der Waals surface area contributed by atoms with E-state index < -0.39 is 0 Å². The van der Waals surface area contributed by atoms with Crippen LogP contribution in [0.1, 0.15) is 27.0 Å². The Kier molecular flexibility index (Phi) is 3.03. The highest BCUT2D eigenvalue weighted by Crippen LogP contribution is 2.35. The van der Waals surface area contributed by atoms with E-state index in [1.807, 2.05) is 36.4 Å². The van der Waals surface area contributed by atoms with Crippen LogP contribution >= 0.6 is 0 Å². The number of hydrogen-bond acceptors (Lipinski definition) is 3. The van der Waals surface area contributed by atoms with E-state index in [-0.39, 0.29) is 5.97 Å². The van der Waals surface area contributed by atoms with Gasteiger partial charge in [-0.15, -0.1) is 0 Å². The fourth-order valence-corrected chi connectivity index (χ4v) is 2.37. The summed E-state index contributed by atoms with van der Waals surface area (Å²) in [4.78, 5) is 11.7. The summed E-state index contributed by atoms with van der Waals surface area (Å²) in [5.41, 5.74) is 4.27. The molecule has 0 fully saturated rings. The lowest BCUT2D eigenvalue weighted by Crippen LogP contribution is -2.03. The third kappa shape index (κ3) is 1.97. The van der Waals surface area contributed by atoms with Crippen molar-refractivity contribution in [3.05, 3.63) is 71.3 Å². The first kappa shape index (κ1) is 12.5. The topological polar surface area (TPSA) is 35.5 Å². The Morgan fingerprint density at radius 3 is 2.80 bits per heavy atom. The quantitative estimate of drug-likeness (QED) is 0.742. The van der Waals surface area contributed by atoms with Gasteiger partial charge in [-0.05, 0) is 34.9 Å². The summed E-state index contributed by atoms with van der Waals surface area (Å²) in [6.07, 6.45) is 0. The summed E-state index contributed by atoms with van der Waals surface area (Å²) in [7, 11) is 1.38. The molecule has 3 nitrogen and oxygen atoms in total. The Balaban J connectivity index is 2.13. The van der Waals surface area contributed by atoms with Crippen molar-refractivity contribution in [3.8, 4) is 5.75 Å². The molecule has 0 saturated carbocycles. The molecule has 0 saturated heterocycles. The summed E-state index contributed by atoms with van der Waals surface area (Å²) in [5.74, 6) is 0.465. The molecule has 1 aliphatic heterocycles. The van der Waals surface area contributed by atoms with Crippen LogP contribution < -0.4 is 4.74 Å². The van der Waals surface area contributed by atoms with E-state index in [1.54, 1.807) is 6.07 Å². The van der Waals surface area contributed by atoms with Gasteiger partial charge in [0, 0.05) is 5.56 Å². The summed E-state index contributed by atoms with van der Waals surface area (Å²) in [6.45, 7) is 4.62. The van der Waals surface area contributed by atoms with Gasteiger partial charge in [-0.25, -0.2) is 4.79 Å². The summed E-state index contributed by atoms with van der Waals surface area (Å²) >= 11 is 0. The normalized spacial score (nSPS) is 12.8. The van der Waals surface area contributed by atoms with Crippen molar-refractivity contribution in [1.29, 1.82) is 0 Å². The maximum absolute atomic E-state index is 11.7. The lowest BCUT2D eigenvalue weighted by Gasteiger charge is -2.09. The van der Waals surface area contributed by atoms with Crippen LogP contribution in [-0.4, -0.2) is 13.1 Å². The largest absolute Gasteiger partial charge is 0.488 e. The second kappa shape index (κ2) is 4.85. The smallest absolute Gasteiger partial charge is 0.337 e. The molecule has 0 N–H and O–H groups in total. The summed E-state index contributed by atoms with van der Waals surface area (Å²) in [5, 5.41) is 0. The van der Waals surface area contributed by atoms with Crippen molar-refractivity contribution < 1.29 is 14.3 Å². The number of methoxy groups -OCH3 is 1. The van der Waals surface area contributed by atoms with E-state index in [2.05, 4.69) is 6.58 Å². The molecular formula is C17H14O3. The van der Waals surface area contributed by atoms with Gasteiger partial charge in [0.1, 0.15) is 12.4 Å². The van der Waals surface area contributed by atoms with E-state index in [1.165, 1.54) is 7.11 Å². The van der Waals surface area contributed by atoms with E-state index in [9.17, 15) is 4.79 Å². The molecule has 2 aromatic carbocycles. The van der Waals surface area contributed by atoms with Gasteiger partial charge in [0.2, 0.25) is 0 Å². The highest BCUT2D eigenvalue weighted by Gasteiger charge is 2.19. The van der Waals surface area contributed by atoms with Crippen LogP contribution in [0.4, 0.5) is 0 Å². The lowest BCUT2D eigenvalue weighted by atomic mass is 9.94. The first-order valence-electron chi connectivity index (χ1n) is 6.33. The first-order valence-corrected chi connectivity index (χ1v) is 6.33. The average molecular weight is 266 g/mol. The molecule has 100 valence electrons. The number of esters is 1. The zero-order valence-electron chi connectivity index (χ0n) is 11.2.